The van der Waals surface area contributed by atoms with E-state index in [1.165, 1.54) is 18.2 Å². The van der Waals surface area contributed by atoms with Crippen LogP contribution < -0.4 is 9.80 Å². The van der Waals surface area contributed by atoms with E-state index in [0.29, 0.717) is 22.8 Å². The third kappa shape index (κ3) is 3.33. The van der Waals surface area contributed by atoms with Crippen LogP contribution in [0.4, 0.5) is 15.9 Å². The van der Waals surface area contributed by atoms with Crippen molar-refractivity contribution < 1.29 is 9.18 Å². The quantitative estimate of drug-likeness (QED) is 0.695. The molecule has 5 rings (SSSR count). The summed E-state index contributed by atoms with van der Waals surface area (Å²) in [6.07, 6.45) is 7.60. The van der Waals surface area contributed by atoms with Crippen LogP contribution in [-0.2, 0) is 4.79 Å². The van der Waals surface area contributed by atoms with Gasteiger partial charge >= 0.3 is 0 Å². The zero-order valence-corrected chi connectivity index (χ0v) is 17.7. The summed E-state index contributed by atoms with van der Waals surface area (Å²) in [6.45, 7) is 2.45. The molecule has 3 aliphatic heterocycles. The van der Waals surface area contributed by atoms with Crippen molar-refractivity contribution in [3.05, 3.63) is 58.8 Å². The van der Waals surface area contributed by atoms with Crippen LogP contribution in [0.3, 0.4) is 0 Å². The Kier molecular flexibility index (Phi) is 5.10. The van der Waals surface area contributed by atoms with Gasteiger partial charge in [-0.05, 0) is 43.5 Å². The smallest absolute Gasteiger partial charge is 0.266 e. The number of thioether (sulfide) groups is 1. The zero-order valence-electron chi connectivity index (χ0n) is 16.9. The zero-order chi connectivity index (χ0) is 20.7. The Morgan fingerprint density at radius 2 is 1.97 bits per heavy atom. The fourth-order valence-electron chi connectivity index (χ4n) is 4.42. The number of rotatable bonds is 3. The van der Waals surface area contributed by atoms with Gasteiger partial charge < -0.3 is 14.7 Å². The highest BCUT2D eigenvalue weighted by Crippen LogP contribution is 2.50. The Labute approximate surface area is 179 Å². The molecule has 0 saturated carbocycles. The fourth-order valence-corrected chi connectivity index (χ4v) is 5.82. The number of hydrogen-bond acceptors (Lipinski definition) is 6. The first-order valence-electron chi connectivity index (χ1n) is 10.4. The maximum absolute atomic E-state index is 15.0. The predicted octanol–water partition coefficient (Wildman–Crippen LogP) is 3.93. The maximum atomic E-state index is 15.0. The molecule has 1 fully saturated rings. The lowest BCUT2D eigenvalue weighted by Gasteiger charge is -2.30. The van der Waals surface area contributed by atoms with Crippen molar-refractivity contribution in [1.29, 1.82) is 0 Å². The van der Waals surface area contributed by atoms with E-state index in [-0.39, 0.29) is 11.3 Å². The molecule has 2 aromatic heterocycles. The molecule has 1 atom stereocenters. The van der Waals surface area contributed by atoms with Gasteiger partial charge in [0.2, 0.25) is 5.95 Å². The van der Waals surface area contributed by atoms with E-state index in [0.717, 1.165) is 43.7 Å². The summed E-state index contributed by atoms with van der Waals surface area (Å²) in [4.78, 5) is 28.2. The summed E-state index contributed by atoms with van der Waals surface area (Å²) in [5.74, 6) is 0.221. The van der Waals surface area contributed by atoms with Crippen LogP contribution in [0, 0.1) is 5.95 Å². The summed E-state index contributed by atoms with van der Waals surface area (Å²) in [7, 11) is 1.94. The molecule has 30 heavy (non-hydrogen) atoms. The van der Waals surface area contributed by atoms with Crippen LogP contribution in [0.25, 0.3) is 0 Å². The van der Waals surface area contributed by atoms with Gasteiger partial charge in [0, 0.05) is 50.6 Å². The van der Waals surface area contributed by atoms with Crippen LogP contribution in [-0.4, -0.2) is 47.5 Å². The number of aromatic nitrogens is 2. The molecule has 8 heteroatoms. The fraction of sp³-hybridized carbons (Fsp3) is 0.409. The molecular formula is C22H24FN5OS. The van der Waals surface area contributed by atoms with Gasteiger partial charge in [-0.3, -0.25) is 9.78 Å². The van der Waals surface area contributed by atoms with Crippen LogP contribution in [0.15, 0.2) is 47.3 Å². The van der Waals surface area contributed by atoms with Crippen LogP contribution in [0.2, 0.25) is 0 Å². The largest absolute Gasteiger partial charge is 0.360 e. The van der Waals surface area contributed by atoms with E-state index in [1.807, 2.05) is 36.2 Å². The van der Waals surface area contributed by atoms with Gasteiger partial charge in [-0.2, -0.15) is 4.39 Å². The van der Waals surface area contributed by atoms with Gasteiger partial charge in [0.05, 0.1) is 16.8 Å². The van der Waals surface area contributed by atoms with Crippen molar-refractivity contribution in [3.8, 4) is 0 Å². The minimum atomic E-state index is -0.446. The molecule has 0 aromatic carbocycles. The Bertz CT molecular complexity index is 992. The SMILES string of the molecule is CN1C2=C(SC1c1ccc(N3CCCCC3)nc1F)C(=O)N(c1cccnc1)CC2. The van der Waals surface area contributed by atoms with Gasteiger partial charge in [0.1, 0.15) is 11.2 Å². The lowest BCUT2D eigenvalue weighted by Crippen LogP contribution is -2.37. The summed E-state index contributed by atoms with van der Waals surface area (Å²) >= 11 is 1.42. The highest BCUT2D eigenvalue weighted by molar-refractivity contribution is 8.04. The summed E-state index contributed by atoms with van der Waals surface area (Å²) in [5, 5.41) is -0.282. The monoisotopic (exact) mass is 425 g/mol. The van der Waals surface area contributed by atoms with Gasteiger partial charge in [-0.1, -0.05) is 11.8 Å². The number of anilines is 2. The molecule has 6 nitrogen and oxygen atoms in total. The lowest BCUT2D eigenvalue weighted by molar-refractivity contribution is -0.114. The van der Waals surface area contributed by atoms with E-state index in [1.54, 1.807) is 17.3 Å². The number of piperidine rings is 1. The molecule has 1 unspecified atom stereocenters. The van der Waals surface area contributed by atoms with Crippen molar-refractivity contribution in [3.63, 3.8) is 0 Å². The molecular weight excluding hydrogens is 401 g/mol. The van der Waals surface area contributed by atoms with Crippen molar-refractivity contribution in [2.45, 2.75) is 31.1 Å². The first-order valence-corrected chi connectivity index (χ1v) is 11.3. The second kappa shape index (κ2) is 7.91. The summed E-state index contributed by atoms with van der Waals surface area (Å²) in [5.41, 5.74) is 2.30. The maximum Gasteiger partial charge on any atom is 0.266 e. The highest BCUT2D eigenvalue weighted by atomic mass is 32.2. The van der Waals surface area contributed by atoms with Crippen molar-refractivity contribution in [2.75, 3.05) is 36.5 Å². The predicted molar refractivity (Wildman–Crippen MR) is 117 cm³/mol. The van der Waals surface area contributed by atoms with Gasteiger partial charge in [-0.15, -0.1) is 0 Å². The van der Waals surface area contributed by atoms with Crippen LogP contribution in [0.1, 0.15) is 36.6 Å². The normalized spacial score (nSPS) is 22.0. The topological polar surface area (TPSA) is 52.6 Å². The number of carbonyl (C=O) groups excluding carboxylic acids is 1. The van der Waals surface area contributed by atoms with Crippen molar-refractivity contribution >= 4 is 29.2 Å². The molecule has 156 valence electrons. The Morgan fingerprint density at radius 3 is 2.70 bits per heavy atom. The first kappa shape index (κ1) is 19.4. The molecule has 0 aliphatic carbocycles. The van der Waals surface area contributed by atoms with Crippen LogP contribution in [0.5, 0.6) is 0 Å². The van der Waals surface area contributed by atoms with Gasteiger partial charge in [-0.25, -0.2) is 4.98 Å². The summed E-state index contributed by atoms with van der Waals surface area (Å²) in [6, 6.07) is 7.47. The molecule has 0 bridgehead atoms. The first-order chi connectivity index (χ1) is 14.6. The second-order valence-electron chi connectivity index (χ2n) is 7.87. The number of nitrogens with zero attached hydrogens (tertiary/aromatic N) is 5. The van der Waals surface area contributed by atoms with Crippen molar-refractivity contribution in [1.82, 2.24) is 14.9 Å². The Morgan fingerprint density at radius 1 is 1.13 bits per heavy atom. The number of amides is 1. The van der Waals surface area contributed by atoms with E-state index in [4.69, 9.17) is 0 Å². The average molecular weight is 426 g/mol. The van der Waals surface area contributed by atoms with E-state index < -0.39 is 5.95 Å². The number of halogens is 1. The number of carbonyl (C=O) groups is 1. The Balaban J connectivity index is 1.38. The van der Waals surface area contributed by atoms with Crippen molar-refractivity contribution in [2.24, 2.45) is 0 Å². The van der Waals surface area contributed by atoms with Gasteiger partial charge in [0.15, 0.2) is 0 Å². The summed E-state index contributed by atoms with van der Waals surface area (Å²) < 4.78 is 15.0. The molecule has 1 saturated heterocycles. The number of pyridine rings is 2. The average Bonchev–Trinajstić information content (AvgIpc) is 3.12. The molecule has 0 radical (unpaired) electrons. The van der Waals surface area contributed by atoms with E-state index >= 15 is 4.39 Å². The van der Waals surface area contributed by atoms with E-state index in [2.05, 4.69) is 14.9 Å². The molecule has 0 spiro atoms. The molecule has 2 aromatic rings. The highest BCUT2D eigenvalue weighted by Gasteiger charge is 2.40. The lowest BCUT2D eigenvalue weighted by atomic mass is 10.1. The second-order valence-corrected chi connectivity index (χ2v) is 8.96. The minimum absolute atomic E-state index is 0.0399. The standard InChI is InChI=1S/C22H24FN5OS/c1-26-17-9-13-28(15-6-5-10-24-14-15)21(29)19(17)30-22(26)16-7-8-18(25-20(16)23)27-11-3-2-4-12-27/h5-8,10,14,22H,2-4,9,11-13H2,1H3. The Hall–Kier alpha value is -2.61. The minimum Gasteiger partial charge on any atom is -0.360 e. The molecule has 1 amide bonds. The van der Waals surface area contributed by atoms with Gasteiger partial charge in [0.25, 0.3) is 5.91 Å². The molecule has 3 aliphatic rings. The molecule has 5 heterocycles. The van der Waals surface area contributed by atoms with Crippen LogP contribution >= 0.6 is 11.8 Å². The number of hydrogen-bond donors (Lipinski definition) is 0. The third-order valence-corrected chi connectivity index (χ3v) is 7.49. The molecule has 0 N–H and O–H groups in total. The van der Waals surface area contributed by atoms with E-state index in [9.17, 15) is 4.79 Å². The third-order valence-electron chi connectivity index (χ3n) is 6.05.